The van der Waals surface area contributed by atoms with Crippen LogP contribution in [0.15, 0.2) is 60.8 Å². The molecule has 1 aromatic heterocycles. The topological polar surface area (TPSA) is 57.4 Å². The number of para-hydroxylation sites is 1. The first-order valence-corrected chi connectivity index (χ1v) is 10.6. The zero-order chi connectivity index (χ0) is 20.9. The van der Waals surface area contributed by atoms with E-state index in [1.165, 1.54) is 16.5 Å². The van der Waals surface area contributed by atoms with E-state index >= 15 is 0 Å². The quantitative estimate of drug-likeness (QED) is 0.583. The number of aryl methyl sites for hydroxylation is 1. The molecule has 1 unspecified atom stereocenters. The molecule has 2 aromatic carbocycles. The third-order valence-electron chi connectivity index (χ3n) is 5.76. The van der Waals surface area contributed by atoms with Gasteiger partial charge in [-0.1, -0.05) is 36.4 Å². The fourth-order valence-electron chi connectivity index (χ4n) is 3.98. The van der Waals surface area contributed by atoms with Gasteiger partial charge in [-0.2, -0.15) is 0 Å². The van der Waals surface area contributed by atoms with Gasteiger partial charge in [-0.3, -0.25) is 9.69 Å². The summed E-state index contributed by atoms with van der Waals surface area (Å²) in [6.07, 6.45) is 5.29. The van der Waals surface area contributed by atoms with Gasteiger partial charge in [0, 0.05) is 35.8 Å². The van der Waals surface area contributed by atoms with Crippen LogP contribution in [0.2, 0.25) is 0 Å². The Labute approximate surface area is 177 Å². The van der Waals surface area contributed by atoms with E-state index in [0.717, 1.165) is 36.3 Å². The van der Waals surface area contributed by atoms with Gasteiger partial charge in [0.2, 0.25) is 5.91 Å². The molecule has 0 aliphatic carbocycles. The summed E-state index contributed by atoms with van der Waals surface area (Å²) in [4.78, 5) is 18.1. The fraction of sp³-hybridized carbons (Fsp3) is 0.320. The van der Waals surface area contributed by atoms with Gasteiger partial charge in [0.1, 0.15) is 12.4 Å². The third kappa shape index (κ3) is 4.57. The molecule has 3 aromatic rings. The number of ether oxygens (including phenoxy) is 1. The largest absolute Gasteiger partial charge is 0.492 e. The fourth-order valence-corrected chi connectivity index (χ4v) is 3.98. The van der Waals surface area contributed by atoms with Gasteiger partial charge < -0.3 is 15.0 Å². The van der Waals surface area contributed by atoms with Gasteiger partial charge in [-0.15, -0.1) is 0 Å². The maximum Gasteiger partial charge on any atom is 0.237 e. The summed E-state index contributed by atoms with van der Waals surface area (Å²) in [5, 5.41) is 4.26. The number of nitrogens with zero attached hydrogens (tertiary/aromatic N) is 1. The number of nitrogens with one attached hydrogen (secondary N) is 2. The van der Waals surface area contributed by atoms with Gasteiger partial charge in [0.15, 0.2) is 0 Å². The zero-order valence-electron chi connectivity index (χ0n) is 17.7. The number of hydrogen-bond acceptors (Lipinski definition) is 3. The molecule has 5 heteroatoms. The van der Waals surface area contributed by atoms with Gasteiger partial charge in [0.05, 0.1) is 12.6 Å². The molecule has 0 saturated carbocycles. The van der Waals surface area contributed by atoms with Crippen LogP contribution in [0.25, 0.3) is 16.5 Å². The van der Waals surface area contributed by atoms with E-state index < -0.39 is 0 Å². The van der Waals surface area contributed by atoms with Crippen LogP contribution in [0.1, 0.15) is 24.5 Å². The summed E-state index contributed by atoms with van der Waals surface area (Å²) in [6, 6.07) is 16.2. The second-order valence-corrected chi connectivity index (χ2v) is 7.85. The smallest absolute Gasteiger partial charge is 0.237 e. The number of carbonyl (C=O) groups excluding carboxylic acids is 1. The molecule has 1 amide bonds. The Morgan fingerprint density at radius 2 is 2.10 bits per heavy atom. The van der Waals surface area contributed by atoms with Crippen molar-refractivity contribution in [2.75, 3.05) is 26.2 Å². The van der Waals surface area contributed by atoms with E-state index in [1.807, 2.05) is 44.2 Å². The van der Waals surface area contributed by atoms with E-state index in [2.05, 4.69) is 45.7 Å². The van der Waals surface area contributed by atoms with Crippen LogP contribution >= 0.6 is 0 Å². The highest BCUT2D eigenvalue weighted by Gasteiger charge is 2.23. The van der Waals surface area contributed by atoms with E-state index in [1.54, 1.807) is 0 Å². The molecule has 0 fully saturated rings. The van der Waals surface area contributed by atoms with Crippen LogP contribution < -0.4 is 10.1 Å². The lowest BCUT2D eigenvalue weighted by molar-refractivity contribution is -0.125. The molecule has 156 valence electrons. The summed E-state index contributed by atoms with van der Waals surface area (Å²) < 4.78 is 5.71. The number of rotatable bonds is 7. The first kappa shape index (κ1) is 20.2. The predicted molar refractivity (Wildman–Crippen MR) is 122 cm³/mol. The molecule has 2 heterocycles. The summed E-state index contributed by atoms with van der Waals surface area (Å²) in [7, 11) is 0. The number of aromatic amines is 1. The molecule has 0 bridgehead atoms. The molecular weight excluding hydrogens is 374 g/mol. The minimum atomic E-state index is -0.162. The molecule has 2 N–H and O–H groups in total. The Balaban J connectivity index is 1.27. The first-order valence-electron chi connectivity index (χ1n) is 10.6. The third-order valence-corrected chi connectivity index (χ3v) is 5.76. The maximum absolute atomic E-state index is 12.6. The summed E-state index contributed by atoms with van der Waals surface area (Å²) >= 11 is 0. The summed E-state index contributed by atoms with van der Waals surface area (Å²) in [5.74, 6) is 0.884. The van der Waals surface area contributed by atoms with Gasteiger partial charge in [-0.05, 0) is 49.6 Å². The first-order chi connectivity index (χ1) is 14.6. The van der Waals surface area contributed by atoms with E-state index in [9.17, 15) is 4.79 Å². The number of benzene rings is 2. The van der Waals surface area contributed by atoms with E-state index in [0.29, 0.717) is 13.2 Å². The number of fused-ring (bicyclic) bond motifs is 1. The normalized spacial score (nSPS) is 15.6. The van der Waals surface area contributed by atoms with Gasteiger partial charge in [0.25, 0.3) is 0 Å². The number of aromatic nitrogens is 1. The number of hydrogen-bond donors (Lipinski definition) is 2. The predicted octanol–water partition coefficient (Wildman–Crippen LogP) is 4.15. The van der Waals surface area contributed by atoms with Crippen molar-refractivity contribution in [2.45, 2.75) is 26.3 Å². The van der Waals surface area contributed by atoms with Gasteiger partial charge >= 0.3 is 0 Å². The molecule has 0 spiro atoms. The molecule has 1 aliphatic heterocycles. The van der Waals surface area contributed by atoms with Crippen LogP contribution in [-0.2, 0) is 4.79 Å². The highest BCUT2D eigenvalue weighted by Crippen LogP contribution is 2.29. The molecule has 0 saturated heterocycles. The molecule has 0 radical (unpaired) electrons. The summed E-state index contributed by atoms with van der Waals surface area (Å²) in [6.45, 7) is 6.63. The van der Waals surface area contributed by atoms with Crippen LogP contribution in [0, 0.1) is 6.92 Å². The van der Waals surface area contributed by atoms with Crippen molar-refractivity contribution in [3.8, 4) is 5.75 Å². The van der Waals surface area contributed by atoms with Crippen molar-refractivity contribution in [1.29, 1.82) is 0 Å². The second kappa shape index (κ2) is 9.18. The molecule has 30 heavy (non-hydrogen) atoms. The van der Waals surface area contributed by atoms with Crippen molar-refractivity contribution < 1.29 is 9.53 Å². The van der Waals surface area contributed by atoms with Crippen molar-refractivity contribution in [2.24, 2.45) is 0 Å². The second-order valence-electron chi connectivity index (χ2n) is 7.85. The van der Waals surface area contributed by atoms with Crippen LogP contribution in [0.3, 0.4) is 0 Å². The van der Waals surface area contributed by atoms with E-state index in [-0.39, 0.29) is 11.9 Å². The van der Waals surface area contributed by atoms with Crippen molar-refractivity contribution in [1.82, 2.24) is 15.2 Å². The lowest BCUT2D eigenvalue weighted by Crippen LogP contribution is -2.47. The van der Waals surface area contributed by atoms with Crippen LogP contribution in [0.4, 0.5) is 0 Å². The lowest BCUT2D eigenvalue weighted by Gasteiger charge is -2.31. The minimum Gasteiger partial charge on any atom is -0.492 e. The Hall–Kier alpha value is -3.05. The highest BCUT2D eigenvalue weighted by molar-refractivity contribution is 5.92. The minimum absolute atomic E-state index is 0.0480. The Bertz CT molecular complexity index is 1050. The van der Waals surface area contributed by atoms with E-state index in [4.69, 9.17) is 4.74 Å². The lowest BCUT2D eigenvalue weighted by atomic mass is 9.98. The maximum atomic E-state index is 12.6. The number of amides is 1. The van der Waals surface area contributed by atoms with Crippen LogP contribution in [0.5, 0.6) is 5.75 Å². The molecule has 1 aliphatic rings. The van der Waals surface area contributed by atoms with Gasteiger partial charge in [-0.25, -0.2) is 0 Å². The average Bonchev–Trinajstić information content (AvgIpc) is 3.20. The SMILES string of the molecule is Cc1cccc(OCCNC(=O)C(C)N2CC=C(c3c[nH]c4ccccc34)CC2)c1. The molecule has 4 rings (SSSR count). The zero-order valence-corrected chi connectivity index (χ0v) is 17.7. The highest BCUT2D eigenvalue weighted by atomic mass is 16.5. The number of carbonyl (C=O) groups is 1. The Morgan fingerprint density at radius 1 is 1.23 bits per heavy atom. The average molecular weight is 404 g/mol. The summed E-state index contributed by atoms with van der Waals surface area (Å²) in [5.41, 5.74) is 4.95. The Kier molecular flexibility index (Phi) is 6.19. The number of H-pyrrole nitrogens is 1. The van der Waals surface area contributed by atoms with Crippen molar-refractivity contribution in [3.05, 3.63) is 71.9 Å². The Morgan fingerprint density at radius 3 is 2.90 bits per heavy atom. The molecule has 5 nitrogen and oxygen atoms in total. The molecular formula is C25H29N3O2. The monoisotopic (exact) mass is 403 g/mol. The van der Waals surface area contributed by atoms with Crippen molar-refractivity contribution in [3.63, 3.8) is 0 Å². The standard InChI is InChI=1S/C25H29N3O2/c1-18-6-5-7-21(16-18)30-15-12-26-25(29)19(2)28-13-10-20(11-14-28)23-17-27-24-9-4-3-8-22(23)24/h3-10,16-17,19,27H,11-15H2,1-2H3,(H,26,29). The molecule has 1 atom stereocenters. The van der Waals surface area contributed by atoms with Crippen molar-refractivity contribution >= 4 is 22.4 Å². The van der Waals surface area contributed by atoms with Crippen LogP contribution in [-0.4, -0.2) is 48.1 Å².